The molecule has 1 atom stereocenters. The number of hydrogen-bond acceptors (Lipinski definition) is 7. The molecule has 0 aliphatic carbocycles. The lowest BCUT2D eigenvalue weighted by Crippen LogP contribution is -2.29. The molecule has 0 aromatic carbocycles. The lowest BCUT2D eigenvalue weighted by Gasteiger charge is -2.18. The fourth-order valence-corrected chi connectivity index (χ4v) is 4.77. The Morgan fingerprint density at radius 1 is 0.566 bits per heavy atom. The van der Waals surface area contributed by atoms with Crippen molar-refractivity contribution in [3.63, 3.8) is 0 Å². The molecule has 0 amide bonds. The summed E-state index contributed by atoms with van der Waals surface area (Å²) in [6.45, 7) is 3.28. The summed E-state index contributed by atoms with van der Waals surface area (Å²) in [5, 5.41) is 0. The van der Waals surface area contributed by atoms with Crippen LogP contribution >= 0.6 is 7.82 Å². The fourth-order valence-electron chi connectivity index (χ4n) is 4.41. The van der Waals surface area contributed by atoms with E-state index in [1.54, 1.807) is 12.2 Å². The van der Waals surface area contributed by atoms with Crippen LogP contribution in [-0.4, -0.2) is 46.8 Å². The van der Waals surface area contributed by atoms with Crippen molar-refractivity contribution < 1.29 is 42.7 Å². The highest BCUT2D eigenvalue weighted by atomic mass is 31.2. The van der Waals surface area contributed by atoms with Gasteiger partial charge in [-0.05, 0) is 83.1 Å². The van der Waals surface area contributed by atoms with Crippen molar-refractivity contribution in [2.45, 2.75) is 129 Å². The summed E-state index contributed by atoms with van der Waals surface area (Å²) in [4.78, 5) is 54.4. The van der Waals surface area contributed by atoms with Gasteiger partial charge in [-0.1, -0.05) is 130 Å². The number of ether oxygens (including phenoxy) is 2. The van der Waals surface area contributed by atoms with Crippen molar-refractivity contribution >= 4 is 25.5 Å². The molecule has 296 valence electrons. The van der Waals surface area contributed by atoms with E-state index in [1.807, 2.05) is 48.6 Å². The second kappa shape index (κ2) is 36.7. The highest BCUT2D eigenvalue weighted by Gasteiger charge is 2.22. The van der Waals surface area contributed by atoms with Crippen molar-refractivity contribution in [3.8, 4) is 0 Å². The normalized spacial score (nSPS) is 13.6. The standard InChI is InChI=1S/C43H65O9P/c1-3-5-7-8-9-10-11-12-13-14-15-16-19-23-26-29-33-37-43(46)52-41(39-51-53(47,48)49)38-50-42(45)36-32-28-25-22-20-17-18-21-24-27-31-35-40(44)34-30-6-4-2/h5,7,9-10,12-13,15-18,22-27,31,35,41H,3-4,6,8,11,14,19-21,28-30,32-34,36-39H2,1-2H3,(H2,47,48,49)/b7-5-,10-9-,13-12-,16-15-,18-17-,25-22-,26-23-,27-24-,35-31+/t41-/m1/s1. The van der Waals surface area contributed by atoms with E-state index in [0.29, 0.717) is 32.1 Å². The van der Waals surface area contributed by atoms with Crippen LogP contribution in [-0.2, 0) is 32.9 Å². The lowest BCUT2D eigenvalue weighted by molar-refractivity contribution is -0.161. The Labute approximate surface area is 319 Å². The summed E-state index contributed by atoms with van der Waals surface area (Å²) in [6, 6.07) is 0. The summed E-state index contributed by atoms with van der Waals surface area (Å²) < 4.78 is 26.2. The third-order valence-corrected chi connectivity index (χ3v) is 7.74. The molecule has 0 bridgehead atoms. The SMILES string of the molecule is CC/C=C\C/C=C\C/C=C\C/C=C\C/C=C\CCCC(=O)O[C@H](COC(=O)CCC/C=C\C/C=C\C/C=C\C=C\C(=O)CCCCC)COP(=O)(O)O. The highest BCUT2D eigenvalue weighted by molar-refractivity contribution is 7.46. The van der Waals surface area contributed by atoms with E-state index in [1.165, 1.54) is 0 Å². The van der Waals surface area contributed by atoms with Gasteiger partial charge in [0, 0.05) is 19.3 Å². The van der Waals surface area contributed by atoms with Gasteiger partial charge in [0.05, 0.1) is 6.61 Å². The molecule has 53 heavy (non-hydrogen) atoms. The minimum Gasteiger partial charge on any atom is -0.462 e. The second-order valence-corrected chi connectivity index (χ2v) is 13.4. The van der Waals surface area contributed by atoms with Crippen molar-refractivity contribution in [2.75, 3.05) is 13.2 Å². The van der Waals surface area contributed by atoms with Crippen molar-refractivity contribution in [1.82, 2.24) is 0 Å². The van der Waals surface area contributed by atoms with Gasteiger partial charge in [-0.2, -0.15) is 0 Å². The number of hydrogen-bond donors (Lipinski definition) is 2. The Balaban J connectivity index is 4.24. The Morgan fingerprint density at radius 2 is 1.06 bits per heavy atom. The number of allylic oxidation sites excluding steroid dienone is 18. The minimum absolute atomic E-state index is 0.103. The molecule has 0 saturated heterocycles. The van der Waals surface area contributed by atoms with E-state index in [9.17, 15) is 18.9 Å². The molecule has 0 aliphatic heterocycles. The van der Waals surface area contributed by atoms with Crippen molar-refractivity contribution in [2.24, 2.45) is 0 Å². The zero-order valence-electron chi connectivity index (χ0n) is 32.1. The predicted molar refractivity (Wildman–Crippen MR) is 216 cm³/mol. The molecule has 0 unspecified atom stereocenters. The van der Waals surface area contributed by atoms with E-state index >= 15 is 0 Å². The minimum atomic E-state index is -4.80. The first-order chi connectivity index (χ1) is 25.7. The quantitative estimate of drug-likeness (QED) is 0.0167. The third-order valence-electron chi connectivity index (χ3n) is 7.25. The molecule has 10 heteroatoms. The maximum absolute atomic E-state index is 12.3. The molecular formula is C43H65O9P. The molecule has 0 spiro atoms. The smallest absolute Gasteiger partial charge is 0.462 e. The first kappa shape index (κ1) is 49.4. The van der Waals surface area contributed by atoms with Crippen LogP contribution in [0.5, 0.6) is 0 Å². The molecule has 0 radical (unpaired) electrons. The van der Waals surface area contributed by atoms with E-state index in [-0.39, 0.29) is 25.2 Å². The molecule has 0 aromatic rings. The Hall–Kier alpha value is -3.62. The topological polar surface area (TPSA) is 136 Å². The number of phosphoric acid groups is 1. The van der Waals surface area contributed by atoms with Gasteiger partial charge in [-0.3, -0.25) is 18.9 Å². The number of carbonyl (C=O) groups excluding carboxylic acids is 3. The summed E-state index contributed by atoms with van der Waals surface area (Å²) in [6.07, 6.45) is 48.0. The zero-order chi connectivity index (χ0) is 39.1. The molecule has 0 fully saturated rings. The van der Waals surface area contributed by atoms with Crippen LogP contribution in [0.4, 0.5) is 0 Å². The first-order valence-electron chi connectivity index (χ1n) is 19.1. The fraction of sp³-hybridized carbons (Fsp3) is 0.512. The Kier molecular flexibility index (Phi) is 34.2. The summed E-state index contributed by atoms with van der Waals surface area (Å²) in [5.41, 5.74) is 0. The van der Waals surface area contributed by atoms with Crippen LogP contribution in [0.1, 0.15) is 123 Å². The predicted octanol–water partition coefficient (Wildman–Crippen LogP) is 10.8. The van der Waals surface area contributed by atoms with Crippen LogP contribution in [0.25, 0.3) is 0 Å². The number of ketones is 1. The Bertz CT molecular complexity index is 1280. The van der Waals surface area contributed by atoms with Crippen LogP contribution in [0.3, 0.4) is 0 Å². The lowest BCUT2D eigenvalue weighted by atomic mass is 10.1. The van der Waals surface area contributed by atoms with Crippen LogP contribution in [0.2, 0.25) is 0 Å². The van der Waals surface area contributed by atoms with Crippen LogP contribution in [0, 0.1) is 0 Å². The van der Waals surface area contributed by atoms with Gasteiger partial charge in [0.15, 0.2) is 11.9 Å². The molecule has 9 nitrogen and oxygen atoms in total. The summed E-state index contributed by atoms with van der Waals surface area (Å²) in [7, 11) is -4.80. The van der Waals surface area contributed by atoms with E-state index < -0.39 is 32.5 Å². The van der Waals surface area contributed by atoms with Crippen molar-refractivity contribution in [3.05, 3.63) is 109 Å². The van der Waals surface area contributed by atoms with Crippen molar-refractivity contribution in [1.29, 1.82) is 0 Å². The second-order valence-electron chi connectivity index (χ2n) is 12.2. The largest absolute Gasteiger partial charge is 0.469 e. The Morgan fingerprint density at radius 3 is 1.57 bits per heavy atom. The molecule has 0 heterocycles. The molecule has 0 saturated carbocycles. The van der Waals surface area contributed by atoms with Gasteiger partial charge < -0.3 is 19.3 Å². The monoisotopic (exact) mass is 756 g/mol. The third kappa shape index (κ3) is 39.4. The molecular weight excluding hydrogens is 691 g/mol. The average Bonchev–Trinajstić information content (AvgIpc) is 3.12. The van der Waals surface area contributed by atoms with Gasteiger partial charge in [-0.15, -0.1) is 0 Å². The van der Waals surface area contributed by atoms with Crippen LogP contribution in [0.15, 0.2) is 109 Å². The van der Waals surface area contributed by atoms with Crippen LogP contribution < -0.4 is 0 Å². The first-order valence-corrected chi connectivity index (χ1v) is 20.7. The van der Waals surface area contributed by atoms with E-state index in [2.05, 4.69) is 67.0 Å². The average molecular weight is 757 g/mol. The van der Waals surface area contributed by atoms with Gasteiger partial charge >= 0.3 is 19.8 Å². The maximum atomic E-state index is 12.3. The highest BCUT2D eigenvalue weighted by Crippen LogP contribution is 2.35. The maximum Gasteiger partial charge on any atom is 0.469 e. The molecule has 2 N–H and O–H groups in total. The summed E-state index contributed by atoms with van der Waals surface area (Å²) in [5.74, 6) is -0.906. The number of unbranched alkanes of at least 4 members (excludes halogenated alkanes) is 4. The zero-order valence-corrected chi connectivity index (χ0v) is 33.0. The van der Waals surface area contributed by atoms with Gasteiger partial charge in [0.2, 0.25) is 0 Å². The van der Waals surface area contributed by atoms with E-state index in [4.69, 9.17) is 19.3 Å². The number of rotatable bonds is 33. The van der Waals surface area contributed by atoms with E-state index in [0.717, 1.165) is 64.2 Å². The number of phosphoric ester groups is 1. The number of esters is 2. The van der Waals surface area contributed by atoms with Gasteiger partial charge in [0.25, 0.3) is 0 Å². The number of carbonyl (C=O) groups is 3. The molecule has 0 aromatic heterocycles. The molecule has 0 aliphatic rings. The molecule has 0 rings (SSSR count). The summed E-state index contributed by atoms with van der Waals surface area (Å²) >= 11 is 0. The van der Waals surface area contributed by atoms with Gasteiger partial charge in [-0.25, -0.2) is 4.57 Å². The van der Waals surface area contributed by atoms with Gasteiger partial charge in [0.1, 0.15) is 6.61 Å².